The van der Waals surface area contributed by atoms with E-state index in [1.807, 2.05) is 0 Å². The molecule has 0 aliphatic heterocycles. The molecule has 4 nitrogen and oxygen atoms in total. The molecule has 0 aliphatic rings. The molecule has 2 aromatic rings. The number of hydrogen-bond acceptors (Lipinski definition) is 4. The SMILES string of the molecule is CCOC(=O)c1ncc(-c2ccc(Cl)cc2Cl)o1. The Morgan fingerprint density at radius 2 is 2.22 bits per heavy atom. The number of oxazole rings is 1. The quantitative estimate of drug-likeness (QED) is 0.805. The number of aromatic nitrogens is 1. The van der Waals surface area contributed by atoms with E-state index in [1.54, 1.807) is 25.1 Å². The zero-order chi connectivity index (χ0) is 13.1. The number of rotatable bonds is 3. The topological polar surface area (TPSA) is 52.3 Å². The number of nitrogens with zero attached hydrogens (tertiary/aromatic N) is 1. The zero-order valence-electron chi connectivity index (χ0n) is 9.44. The molecule has 0 radical (unpaired) electrons. The minimum atomic E-state index is -0.603. The molecule has 2 rings (SSSR count). The molecule has 0 fully saturated rings. The lowest BCUT2D eigenvalue weighted by molar-refractivity contribution is 0.0482. The van der Waals surface area contributed by atoms with Gasteiger partial charge in [-0.25, -0.2) is 9.78 Å². The fraction of sp³-hybridized carbons (Fsp3) is 0.167. The van der Waals surface area contributed by atoms with E-state index in [-0.39, 0.29) is 12.5 Å². The second-order valence-electron chi connectivity index (χ2n) is 3.37. The third kappa shape index (κ3) is 2.66. The van der Waals surface area contributed by atoms with E-state index in [1.165, 1.54) is 6.20 Å². The smallest absolute Gasteiger partial charge is 0.394 e. The molecular formula is C12H9Cl2NO3. The van der Waals surface area contributed by atoms with Crippen LogP contribution >= 0.6 is 23.2 Å². The molecule has 1 aromatic heterocycles. The lowest BCUT2D eigenvalue weighted by Gasteiger charge is -2.00. The summed E-state index contributed by atoms with van der Waals surface area (Å²) in [4.78, 5) is 15.2. The predicted molar refractivity (Wildman–Crippen MR) is 67.9 cm³/mol. The fourth-order valence-corrected chi connectivity index (χ4v) is 1.88. The van der Waals surface area contributed by atoms with Crippen LogP contribution in [-0.4, -0.2) is 17.6 Å². The minimum Gasteiger partial charge on any atom is -0.459 e. The summed E-state index contributed by atoms with van der Waals surface area (Å²) in [5.74, 6) is -0.313. The number of esters is 1. The zero-order valence-corrected chi connectivity index (χ0v) is 11.0. The molecule has 18 heavy (non-hydrogen) atoms. The van der Waals surface area contributed by atoms with Crippen molar-refractivity contribution in [2.45, 2.75) is 6.92 Å². The summed E-state index contributed by atoms with van der Waals surface area (Å²) in [6, 6.07) is 4.96. The largest absolute Gasteiger partial charge is 0.459 e. The number of hydrogen-bond donors (Lipinski definition) is 0. The van der Waals surface area contributed by atoms with Gasteiger partial charge in [0.25, 0.3) is 0 Å². The van der Waals surface area contributed by atoms with Crippen LogP contribution in [-0.2, 0) is 4.74 Å². The lowest BCUT2D eigenvalue weighted by Crippen LogP contribution is -2.04. The molecule has 0 atom stereocenters. The summed E-state index contributed by atoms with van der Waals surface area (Å²) >= 11 is 11.8. The molecule has 1 heterocycles. The first-order chi connectivity index (χ1) is 8.61. The van der Waals surface area contributed by atoms with E-state index >= 15 is 0 Å². The highest BCUT2D eigenvalue weighted by atomic mass is 35.5. The Labute approximate surface area is 113 Å². The Bertz CT molecular complexity index is 580. The van der Waals surface area contributed by atoms with Crippen molar-refractivity contribution in [3.63, 3.8) is 0 Å². The number of carbonyl (C=O) groups excluding carboxylic acids is 1. The number of halogens is 2. The van der Waals surface area contributed by atoms with Crippen LogP contribution in [0.4, 0.5) is 0 Å². The first kappa shape index (κ1) is 12.9. The third-order valence-corrected chi connectivity index (χ3v) is 2.70. The first-order valence-corrected chi connectivity index (χ1v) is 5.95. The van der Waals surface area contributed by atoms with Gasteiger partial charge in [-0.15, -0.1) is 0 Å². The maximum Gasteiger partial charge on any atom is 0.394 e. The van der Waals surface area contributed by atoms with Gasteiger partial charge in [0.1, 0.15) is 0 Å². The monoisotopic (exact) mass is 285 g/mol. The molecule has 6 heteroatoms. The van der Waals surface area contributed by atoms with Gasteiger partial charge < -0.3 is 9.15 Å². The second kappa shape index (κ2) is 5.42. The van der Waals surface area contributed by atoms with Gasteiger partial charge in [0.15, 0.2) is 5.76 Å². The van der Waals surface area contributed by atoms with Crippen molar-refractivity contribution in [2.75, 3.05) is 6.61 Å². The Kier molecular flexibility index (Phi) is 3.89. The summed E-state index contributed by atoms with van der Waals surface area (Å²) < 4.78 is 10.1. The average Bonchev–Trinajstić information content (AvgIpc) is 2.78. The summed E-state index contributed by atoms with van der Waals surface area (Å²) in [5.41, 5.74) is 0.615. The van der Waals surface area contributed by atoms with Crippen LogP contribution in [0.25, 0.3) is 11.3 Å². The van der Waals surface area contributed by atoms with Crippen LogP contribution in [0.2, 0.25) is 10.0 Å². The number of benzene rings is 1. The summed E-state index contributed by atoms with van der Waals surface area (Å²) in [5, 5.41) is 0.947. The lowest BCUT2D eigenvalue weighted by atomic mass is 10.2. The van der Waals surface area contributed by atoms with Gasteiger partial charge in [-0.05, 0) is 25.1 Å². The van der Waals surface area contributed by atoms with Crippen molar-refractivity contribution < 1.29 is 13.9 Å². The van der Waals surface area contributed by atoms with E-state index in [4.69, 9.17) is 32.4 Å². The molecule has 1 aromatic carbocycles. The molecule has 0 N–H and O–H groups in total. The van der Waals surface area contributed by atoms with Crippen LogP contribution in [0.1, 0.15) is 17.6 Å². The Morgan fingerprint density at radius 1 is 1.44 bits per heavy atom. The fourth-order valence-electron chi connectivity index (χ4n) is 1.38. The van der Waals surface area contributed by atoms with Crippen molar-refractivity contribution in [1.29, 1.82) is 0 Å². The highest BCUT2D eigenvalue weighted by Gasteiger charge is 2.16. The van der Waals surface area contributed by atoms with E-state index in [0.717, 1.165) is 0 Å². The molecule has 0 unspecified atom stereocenters. The van der Waals surface area contributed by atoms with Crippen LogP contribution in [0.5, 0.6) is 0 Å². The minimum absolute atomic E-state index is 0.0992. The highest BCUT2D eigenvalue weighted by molar-refractivity contribution is 6.36. The molecule has 0 spiro atoms. The summed E-state index contributed by atoms with van der Waals surface area (Å²) in [6.07, 6.45) is 1.42. The maximum absolute atomic E-state index is 11.4. The number of ether oxygens (including phenoxy) is 1. The van der Waals surface area contributed by atoms with E-state index in [0.29, 0.717) is 21.4 Å². The Morgan fingerprint density at radius 3 is 2.89 bits per heavy atom. The van der Waals surface area contributed by atoms with E-state index in [2.05, 4.69) is 4.98 Å². The molecule has 94 valence electrons. The van der Waals surface area contributed by atoms with Gasteiger partial charge in [0.05, 0.1) is 17.8 Å². The predicted octanol–water partition coefficient (Wildman–Crippen LogP) is 3.83. The molecule has 0 aliphatic carbocycles. The van der Waals surface area contributed by atoms with Crippen molar-refractivity contribution in [2.24, 2.45) is 0 Å². The molecule has 0 amide bonds. The van der Waals surface area contributed by atoms with Crippen molar-refractivity contribution >= 4 is 29.2 Å². The number of carbonyl (C=O) groups is 1. The maximum atomic E-state index is 11.4. The van der Waals surface area contributed by atoms with Crippen LogP contribution < -0.4 is 0 Å². The average molecular weight is 286 g/mol. The molecule has 0 bridgehead atoms. The molecule has 0 saturated carbocycles. The van der Waals surface area contributed by atoms with Crippen molar-refractivity contribution in [3.05, 3.63) is 40.3 Å². The van der Waals surface area contributed by atoms with Crippen LogP contribution in [0.3, 0.4) is 0 Å². The Balaban J connectivity index is 2.32. The highest BCUT2D eigenvalue weighted by Crippen LogP contribution is 2.30. The van der Waals surface area contributed by atoms with Gasteiger partial charge in [0.2, 0.25) is 0 Å². The third-order valence-electron chi connectivity index (χ3n) is 2.15. The van der Waals surface area contributed by atoms with E-state index in [9.17, 15) is 4.79 Å². The van der Waals surface area contributed by atoms with Crippen LogP contribution in [0.15, 0.2) is 28.8 Å². The van der Waals surface area contributed by atoms with Crippen molar-refractivity contribution in [1.82, 2.24) is 4.98 Å². The van der Waals surface area contributed by atoms with E-state index < -0.39 is 5.97 Å². The van der Waals surface area contributed by atoms with Gasteiger partial charge in [-0.1, -0.05) is 23.2 Å². The molecule has 0 saturated heterocycles. The van der Waals surface area contributed by atoms with Crippen molar-refractivity contribution in [3.8, 4) is 11.3 Å². The summed E-state index contributed by atoms with van der Waals surface area (Å²) in [6.45, 7) is 1.97. The van der Waals surface area contributed by atoms with Gasteiger partial charge in [-0.3, -0.25) is 0 Å². The van der Waals surface area contributed by atoms with Gasteiger partial charge in [-0.2, -0.15) is 0 Å². The Hall–Kier alpha value is -1.52. The van der Waals surface area contributed by atoms with Gasteiger partial charge in [0, 0.05) is 10.6 Å². The first-order valence-electron chi connectivity index (χ1n) is 5.20. The normalized spacial score (nSPS) is 10.4. The van der Waals surface area contributed by atoms with Crippen LogP contribution in [0, 0.1) is 0 Å². The van der Waals surface area contributed by atoms with Gasteiger partial charge >= 0.3 is 11.9 Å². The summed E-state index contributed by atoms with van der Waals surface area (Å²) in [7, 11) is 0. The second-order valence-corrected chi connectivity index (χ2v) is 4.22. The molecular weight excluding hydrogens is 277 g/mol. The standard InChI is InChI=1S/C12H9Cl2NO3/c1-2-17-12(16)11-15-6-10(18-11)8-4-3-7(13)5-9(8)14/h3-6H,2H2,1H3.